The van der Waals surface area contributed by atoms with Gasteiger partial charge in [0.1, 0.15) is 0 Å². The molecule has 1 aromatic heterocycles. The van der Waals surface area contributed by atoms with E-state index >= 15 is 0 Å². The molecule has 1 atom stereocenters. The summed E-state index contributed by atoms with van der Waals surface area (Å²) in [6.45, 7) is 3.86. The van der Waals surface area contributed by atoms with Crippen molar-refractivity contribution in [2.45, 2.75) is 24.8 Å². The van der Waals surface area contributed by atoms with Crippen molar-refractivity contribution in [1.82, 2.24) is 9.71 Å². The highest BCUT2D eigenvalue weighted by atomic mass is 35.5. The van der Waals surface area contributed by atoms with Crippen LogP contribution in [0, 0.1) is 5.92 Å². The van der Waals surface area contributed by atoms with E-state index in [1.165, 1.54) is 0 Å². The summed E-state index contributed by atoms with van der Waals surface area (Å²) in [6, 6.07) is 8.24. The SMILES string of the molecule is CC(C)C(CCl)NS(=O)(=O)c1cccc2ncccc12. The van der Waals surface area contributed by atoms with E-state index in [2.05, 4.69) is 9.71 Å². The topological polar surface area (TPSA) is 59.1 Å². The van der Waals surface area contributed by atoms with Crippen LogP contribution >= 0.6 is 11.6 Å². The molecule has 4 nitrogen and oxygen atoms in total. The van der Waals surface area contributed by atoms with Gasteiger partial charge in [-0.2, -0.15) is 0 Å². The number of hydrogen-bond acceptors (Lipinski definition) is 3. The first-order chi connectivity index (χ1) is 9.45. The second-order valence-electron chi connectivity index (χ2n) is 4.95. The number of sulfonamides is 1. The van der Waals surface area contributed by atoms with E-state index in [9.17, 15) is 8.42 Å². The molecule has 0 amide bonds. The van der Waals surface area contributed by atoms with Gasteiger partial charge in [0.05, 0.1) is 10.4 Å². The van der Waals surface area contributed by atoms with Crippen molar-refractivity contribution in [2.24, 2.45) is 5.92 Å². The Kier molecular flexibility index (Phi) is 4.62. The van der Waals surface area contributed by atoms with E-state index in [0.717, 1.165) is 0 Å². The molecule has 0 radical (unpaired) electrons. The van der Waals surface area contributed by atoms with Crippen LogP contribution in [0.2, 0.25) is 0 Å². The number of alkyl halides is 1. The first-order valence-electron chi connectivity index (χ1n) is 6.37. The van der Waals surface area contributed by atoms with Crippen LogP contribution in [0.1, 0.15) is 13.8 Å². The van der Waals surface area contributed by atoms with E-state index in [0.29, 0.717) is 10.9 Å². The zero-order valence-corrected chi connectivity index (χ0v) is 12.9. The van der Waals surface area contributed by atoms with E-state index in [4.69, 9.17) is 11.6 Å². The van der Waals surface area contributed by atoms with Crippen molar-refractivity contribution in [3.63, 3.8) is 0 Å². The Morgan fingerprint density at radius 2 is 2.00 bits per heavy atom. The minimum atomic E-state index is -3.62. The van der Waals surface area contributed by atoms with Crippen molar-refractivity contribution in [2.75, 3.05) is 5.88 Å². The smallest absolute Gasteiger partial charge is 0.241 e. The Labute approximate surface area is 124 Å². The molecule has 0 fully saturated rings. The molecule has 0 aliphatic carbocycles. The molecular formula is C14H17ClN2O2S. The number of aromatic nitrogens is 1. The standard InChI is InChI=1S/C14H17ClN2O2S/c1-10(2)13(9-15)17-20(18,19)14-7-3-6-12-11(14)5-4-8-16-12/h3-8,10,13,17H,9H2,1-2H3. The van der Waals surface area contributed by atoms with Crippen molar-refractivity contribution in [3.8, 4) is 0 Å². The fourth-order valence-electron chi connectivity index (χ4n) is 1.92. The minimum absolute atomic E-state index is 0.121. The zero-order chi connectivity index (χ0) is 14.8. The Bertz CT molecular complexity index is 696. The number of halogens is 1. The Balaban J connectivity index is 2.47. The molecule has 108 valence electrons. The van der Waals surface area contributed by atoms with Gasteiger partial charge in [0.15, 0.2) is 0 Å². The van der Waals surface area contributed by atoms with Gasteiger partial charge in [-0.15, -0.1) is 11.6 Å². The summed E-state index contributed by atoms with van der Waals surface area (Å²) >= 11 is 5.84. The average Bonchev–Trinajstić information content (AvgIpc) is 2.43. The second-order valence-corrected chi connectivity index (χ2v) is 6.94. The molecule has 1 aromatic carbocycles. The number of hydrogen-bond donors (Lipinski definition) is 1. The normalized spacial score (nSPS) is 13.8. The van der Waals surface area contributed by atoms with Crippen LogP contribution in [-0.2, 0) is 10.0 Å². The van der Waals surface area contributed by atoms with Crippen LogP contribution in [-0.4, -0.2) is 25.3 Å². The molecule has 1 N–H and O–H groups in total. The van der Waals surface area contributed by atoms with Crippen molar-refractivity contribution in [1.29, 1.82) is 0 Å². The average molecular weight is 313 g/mol. The highest BCUT2D eigenvalue weighted by Crippen LogP contribution is 2.22. The number of nitrogens with zero attached hydrogens (tertiary/aromatic N) is 1. The number of pyridine rings is 1. The van der Waals surface area contributed by atoms with Crippen molar-refractivity contribution < 1.29 is 8.42 Å². The molecule has 1 unspecified atom stereocenters. The number of benzene rings is 1. The monoisotopic (exact) mass is 312 g/mol. The van der Waals surface area contributed by atoms with Gasteiger partial charge < -0.3 is 0 Å². The Morgan fingerprint density at radius 1 is 1.25 bits per heavy atom. The van der Waals surface area contributed by atoms with Gasteiger partial charge in [0, 0.05) is 23.5 Å². The number of fused-ring (bicyclic) bond motifs is 1. The molecule has 1 heterocycles. The molecule has 0 aliphatic rings. The van der Waals surface area contributed by atoms with E-state index in [1.54, 1.807) is 36.5 Å². The summed E-state index contributed by atoms with van der Waals surface area (Å²) < 4.78 is 27.7. The van der Waals surface area contributed by atoms with E-state index in [-0.39, 0.29) is 22.7 Å². The molecule has 0 bridgehead atoms. The first-order valence-corrected chi connectivity index (χ1v) is 8.39. The van der Waals surface area contributed by atoms with Crippen LogP contribution in [0.25, 0.3) is 10.9 Å². The van der Waals surface area contributed by atoms with Gasteiger partial charge in [0.25, 0.3) is 0 Å². The van der Waals surface area contributed by atoms with Crippen LogP contribution < -0.4 is 4.72 Å². The molecule has 0 saturated heterocycles. The van der Waals surface area contributed by atoms with Gasteiger partial charge in [-0.1, -0.05) is 19.9 Å². The molecule has 0 saturated carbocycles. The Hall–Kier alpha value is -1.17. The number of rotatable bonds is 5. The van der Waals surface area contributed by atoms with E-state index in [1.807, 2.05) is 13.8 Å². The molecule has 2 aromatic rings. The lowest BCUT2D eigenvalue weighted by atomic mass is 10.1. The molecule has 0 spiro atoms. The lowest BCUT2D eigenvalue weighted by Gasteiger charge is -2.20. The molecule has 2 rings (SSSR count). The lowest BCUT2D eigenvalue weighted by molar-refractivity contribution is 0.480. The lowest BCUT2D eigenvalue weighted by Crippen LogP contribution is -2.39. The summed E-state index contributed by atoms with van der Waals surface area (Å²) in [7, 11) is -3.62. The maximum absolute atomic E-state index is 12.5. The van der Waals surface area contributed by atoms with Gasteiger partial charge in [-0.25, -0.2) is 13.1 Å². The highest BCUT2D eigenvalue weighted by molar-refractivity contribution is 7.89. The van der Waals surface area contributed by atoms with Crippen LogP contribution in [0.15, 0.2) is 41.4 Å². The van der Waals surface area contributed by atoms with Gasteiger partial charge >= 0.3 is 0 Å². The van der Waals surface area contributed by atoms with Gasteiger partial charge in [-0.05, 0) is 30.2 Å². The van der Waals surface area contributed by atoms with Crippen LogP contribution in [0.4, 0.5) is 0 Å². The van der Waals surface area contributed by atoms with Crippen molar-refractivity contribution in [3.05, 3.63) is 36.5 Å². The summed E-state index contributed by atoms with van der Waals surface area (Å²) in [5.74, 6) is 0.357. The Morgan fingerprint density at radius 3 is 2.65 bits per heavy atom. The van der Waals surface area contributed by atoms with Crippen molar-refractivity contribution >= 4 is 32.5 Å². The zero-order valence-electron chi connectivity index (χ0n) is 11.4. The minimum Gasteiger partial charge on any atom is -0.256 e. The maximum Gasteiger partial charge on any atom is 0.241 e. The second kappa shape index (κ2) is 6.08. The largest absolute Gasteiger partial charge is 0.256 e. The number of nitrogens with one attached hydrogen (secondary N) is 1. The predicted molar refractivity (Wildman–Crippen MR) is 81.4 cm³/mol. The van der Waals surface area contributed by atoms with Crippen LogP contribution in [0.5, 0.6) is 0 Å². The van der Waals surface area contributed by atoms with Gasteiger partial charge in [-0.3, -0.25) is 4.98 Å². The summed E-state index contributed by atoms with van der Waals surface area (Å²) in [4.78, 5) is 4.41. The molecular weight excluding hydrogens is 296 g/mol. The quantitative estimate of drug-likeness (QED) is 0.864. The molecule has 6 heteroatoms. The van der Waals surface area contributed by atoms with Crippen LogP contribution in [0.3, 0.4) is 0 Å². The third-order valence-electron chi connectivity index (χ3n) is 3.17. The fraction of sp³-hybridized carbons (Fsp3) is 0.357. The predicted octanol–water partition coefficient (Wildman–Crippen LogP) is 2.78. The highest BCUT2D eigenvalue weighted by Gasteiger charge is 2.23. The maximum atomic E-state index is 12.5. The summed E-state index contributed by atoms with van der Waals surface area (Å²) in [6.07, 6.45) is 1.64. The van der Waals surface area contributed by atoms with E-state index < -0.39 is 10.0 Å². The fourth-order valence-corrected chi connectivity index (χ4v) is 4.04. The summed E-state index contributed by atoms with van der Waals surface area (Å²) in [5.41, 5.74) is 0.655. The first kappa shape index (κ1) is 15.2. The third-order valence-corrected chi connectivity index (χ3v) is 5.05. The summed E-state index contributed by atoms with van der Waals surface area (Å²) in [5, 5.41) is 0.611. The molecule has 20 heavy (non-hydrogen) atoms. The molecule has 0 aliphatic heterocycles. The third kappa shape index (κ3) is 3.11. The van der Waals surface area contributed by atoms with Gasteiger partial charge in [0.2, 0.25) is 10.0 Å².